The van der Waals surface area contributed by atoms with E-state index >= 15 is 0 Å². The van der Waals surface area contributed by atoms with E-state index in [-0.39, 0.29) is 0 Å². The van der Waals surface area contributed by atoms with Crippen LogP contribution in [0, 0.1) is 5.41 Å². The van der Waals surface area contributed by atoms with Crippen LogP contribution in [0.4, 0.5) is 0 Å². The average molecular weight is 241 g/mol. The standard InChI is InChI=1S/C13H27N3O/c1-10(8-13(4,15)11(14)17)16-7-5-6-12(2,3)9-16/h10H,5-9,15H2,1-4H3,(H2,14,17). The van der Waals surface area contributed by atoms with E-state index < -0.39 is 11.4 Å². The molecule has 17 heavy (non-hydrogen) atoms. The van der Waals surface area contributed by atoms with Gasteiger partial charge < -0.3 is 16.4 Å². The van der Waals surface area contributed by atoms with Gasteiger partial charge >= 0.3 is 0 Å². The lowest BCUT2D eigenvalue weighted by atomic mass is 9.82. The van der Waals surface area contributed by atoms with Gasteiger partial charge in [-0.2, -0.15) is 0 Å². The van der Waals surface area contributed by atoms with Crippen LogP contribution in [0.3, 0.4) is 0 Å². The van der Waals surface area contributed by atoms with E-state index in [1.165, 1.54) is 12.8 Å². The molecule has 0 saturated carbocycles. The molecule has 2 atom stereocenters. The second-order valence-electron chi connectivity index (χ2n) is 6.57. The second kappa shape index (κ2) is 4.94. The Bertz CT molecular complexity index is 286. The van der Waals surface area contributed by atoms with Crippen molar-refractivity contribution in [2.45, 2.75) is 58.5 Å². The molecule has 1 saturated heterocycles. The van der Waals surface area contributed by atoms with E-state index in [0.29, 0.717) is 17.9 Å². The molecule has 1 aliphatic heterocycles. The molecule has 0 spiro atoms. The minimum Gasteiger partial charge on any atom is -0.368 e. The predicted molar refractivity (Wildman–Crippen MR) is 70.5 cm³/mol. The van der Waals surface area contributed by atoms with E-state index in [0.717, 1.165) is 13.1 Å². The maximum absolute atomic E-state index is 11.2. The Hall–Kier alpha value is -0.610. The van der Waals surface area contributed by atoms with Gasteiger partial charge in [0.15, 0.2) is 0 Å². The van der Waals surface area contributed by atoms with E-state index in [1.54, 1.807) is 6.92 Å². The van der Waals surface area contributed by atoms with Crippen molar-refractivity contribution in [3.8, 4) is 0 Å². The minimum atomic E-state index is -0.902. The summed E-state index contributed by atoms with van der Waals surface area (Å²) in [6.07, 6.45) is 3.11. The SMILES string of the molecule is CC(CC(C)(N)C(N)=O)N1CCCC(C)(C)C1. The smallest absolute Gasteiger partial charge is 0.237 e. The summed E-state index contributed by atoms with van der Waals surface area (Å²) in [6.45, 7) is 10.6. The highest BCUT2D eigenvalue weighted by molar-refractivity contribution is 5.83. The van der Waals surface area contributed by atoms with Gasteiger partial charge in [-0.15, -0.1) is 0 Å². The molecule has 0 bridgehead atoms. The first-order valence-corrected chi connectivity index (χ1v) is 6.47. The van der Waals surface area contributed by atoms with Crippen molar-refractivity contribution in [3.63, 3.8) is 0 Å². The molecule has 0 aliphatic carbocycles. The summed E-state index contributed by atoms with van der Waals surface area (Å²) in [6, 6.07) is 0.303. The summed E-state index contributed by atoms with van der Waals surface area (Å²) >= 11 is 0. The van der Waals surface area contributed by atoms with Gasteiger partial charge in [0.1, 0.15) is 0 Å². The number of likely N-dealkylation sites (tertiary alicyclic amines) is 1. The highest BCUT2D eigenvalue weighted by atomic mass is 16.1. The number of carbonyl (C=O) groups is 1. The van der Waals surface area contributed by atoms with Crippen LogP contribution in [0.25, 0.3) is 0 Å². The highest BCUT2D eigenvalue weighted by Crippen LogP contribution is 2.30. The number of rotatable bonds is 4. The van der Waals surface area contributed by atoms with Crippen LogP contribution in [-0.2, 0) is 4.79 Å². The number of hydrogen-bond donors (Lipinski definition) is 2. The summed E-state index contributed by atoms with van der Waals surface area (Å²) in [5.41, 5.74) is 10.7. The van der Waals surface area contributed by atoms with Gasteiger partial charge in [0.25, 0.3) is 0 Å². The van der Waals surface area contributed by atoms with Gasteiger partial charge in [-0.1, -0.05) is 13.8 Å². The van der Waals surface area contributed by atoms with Crippen LogP contribution >= 0.6 is 0 Å². The molecule has 1 amide bonds. The van der Waals surface area contributed by atoms with Crippen LogP contribution in [-0.4, -0.2) is 35.5 Å². The molecule has 1 fully saturated rings. The molecule has 0 radical (unpaired) electrons. The maximum atomic E-state index is 11.2. The molecule has 4 heteroatoms. The molecule has 2 unspecified atom stereocenters. The van der Waals surface area contributed by atoms with E-state index in [4.69, 9.17) is 11.5 Å². The topological polar surface area (TPSA) is 72.3 Å². The zero-order valence-corrected chi connectivity index (χ0v) is 11.6. The Morgan fingerprint density at radius 2 is 2.12 bits per heavy atom. The lowest BCUT2D eigenvalue weighted by molar-refractivity contribution is -0.123. The summed E-state index contributed by atoms with van der Waals surface area (Å²) < 4.78 is 0. The number of nitrogens with zero attached hydrogens (tertiary/aromatic N) is 1. The number of hydrogen-bond acceptors (Lipinski definition) is 3. The first-order valence-electron chi connectivity index (χ1n) is 6.47. The second-order valence-corrected chi connectivity index (χ2v) is 6.57. The van der Waals surface area contributed by atoms with Crippen molar-refractivity contribution in [2.24, 2.45) is 16.9 Å². The predicted octanol–water partition coefficient (Wildman–Crippen LogP) is 1.09. The van der Waals surface area contributed by atoms with Crippen LogP contribution < -0.4 is 11.5 Å². The molecule has 4 N–H and O–H groups in total. The van der Waals surface area contributed by atoms with Gasteiger partial charge in [-0.25, -0.2) is 0 Å². The molecule has 1 aliphatic rings. The number of piperidine rings is 1. The van der Waals surface area contributed by atoms with E-state index in [2.05, 4.69) is 25.7 Å². The number of amides is 1. The molecule has 0 aromatic rings. The lowest BCUT2D eigenvalue weighted by Crippen LogP contribution is -2.55. The van der Waals surface area contributed by atoms with Crippen molar-refractivity contribution in [1.82, 2.24) is 4.90 Å². The van der Waals surface area contributed by atoms with Gasteiger partial charge in [-0.05, 0) is 45.1 Å². The summed E-state index contributed by atoms with van der Waals surface area (Å²) in [7, 11) is 0. The first kappa shape index (κ1) is 14.5. The fourth-order valence-corrected chi connectivity index (χ4v) is 2.69. The Morgan fingerprint density at radius 3 is 2.59 bits per heavy atom. The quantitative estimate of drug-likeness (QED) is 0.774. The first-order chi connectivity index (χ1) is 7.64. The van der Waals surface area contributed by atoms with Crippen LogP contribution in [0.2, 0.25) is 0 Å². The Morgan fingerprint density at radius 1 is 1.53 bits per heavy atom. The van der Waals surface area contributed by atoms with Gasteiger partial charge in [0.2, 0.25) is 5.91 Å². The van der Waals surface area contributed by atoms with Crippen molar-refractivity contribution in [3.05, 3.63) is 0 Å². The van der Waals surface area contributed by atoms with E-state index in [1.807, 2.05) is 0 Å². The molecule has 1 rings (SSSR count). The van der Waals surface area contributed by atoms with Crippen LogP contribution in [0.5, 0.6) is 0 Å². The maximum Gasteiger partial charge on any atom is 0.237 e. The molecule has 100 valence electrons. The Balaban J connectivity index is 2.58. The summed E-state index contributed by atoms with van der Waals surface area (Å²) in [5.74, 6) is -0.416. The van der Waals surface area contributed by atoms with Crippen molar-refractivity contribution >= 4 is 5.91 Å². The minimum absolute atomic E-state index is 0.303. The van der Waals surface area contributed by atoms with Crippen LogP contribution in [0.15, 0.2) is 0 Å². The van der Waals surface area contributed by atoms with E-state index in [9.17, 15) is 4.79 Å². The molecule has 0 aromatic carbocycles. The summed E-state index contributed by atoms with van der Waals surface area (Å²) in [5, 5.41) is 0. The third kappa shape index (κ3) is 3.96. The summed E-state index contributed by atoms with van der Waals surface area (Å²) in [4.78, 5) is 13.7. The molecule has 1 heterocycles. The molecule has 0 aromatic heterocycles. The zero-order chi connectivity index (χ0) is 13.3. The number of nitrogens with two attached hydrogens (primary N) is 2. The van der Waals surface area contributed by atoms with Crippen molar-refractivity contribution in [1.29, 1.82) is 0 Å². The Kier molecular flexibility index (Phi) is 4.20. The molecule has 4 nitrogen and oxygen atoms in total. The molecular formula is C13H27N3O. The van der Waals surface area contributed by atoms with Gasteiger partial charge in [-0.3, -0.25) is 4.79 Å². The largest absolute Gasteiger partial charge is 0.368 e. The average Bonchev–Trinajstić information content (AvgIpc) is 2.15. The normalized spacial score (nSPS) is 26.2. The van der Waals surface area contributed by atoms with Crippen LogP contribution in [0.1, 0.15) is 47.0 Å². The number of carbonyl (C=O) groups excluding carboxylic acids is 1. The monoisotopic (exact) mass is 241 g/mol. The lowest BCUT2D eigenvalue weighted by Gasteiger charge is -2.42. The van der Waals surface area contributed by atoms with Crippen molar-refractivity contribution in [2.75, 3.05) is 13.1 Å². The third-order valence-corrected chi connectivity index (χ3v) is 3.84. The number of primary amides is 1. The third-order valence-electron chi connectivity index (χ3n) is 3.84. The van der Waals surface area contributed by atoms with Gasteiger partial charge in [0.05, 0.1) is 5.54 Å². The fourth-order valence-electron chi connectivity index (χ4n) is 2.69. The fraction of sp³-hybridized carbons (Fsp3) is 0.923. The highest BCUT2D eigenvalue weighted by Gasteiger charge is 2.33. The zero-order valence-electron chi connectivity index (χ0n) is 11.6. The van der Waals surface area contributed by atoms with Gasteiger partial charge in [0, 0.05) is 12.6 Å². The molecular weight excluding hydrogens is 214 g/mol. The van der Waals surface area contributed by atoms with Crippen molar-refractivity contribution < 1.29 is 4.79 Å². The Labute approximate surface area is 105 Å².